The minimum absolute atomic E-state index is 0.0133. The van der Waals surface area contributed by atoms with Crippen molar-refractivity contribution in [3.05, 3.63) is 58.6 Å². The van der Waals surface area contributed by atoms with Crippen LogP contribution in [-0.2, 0) is 10.0 Å². The molecule has 0 unspecified atom stereocenters. The Morgan fingerprint density at radius 1 is 1.19 bits per heavy atom. The topological polar surface area (TPSA) is 83.5 Å². The smallest absolute Gasteiger partial charge is 0.337 e. The van der Waals surface area contributed by atoms with Gasteiger partial charge in [-0.1, -0.05) is 23.7 Å². The number of carbonyl (C=O) groups is 1. The Hall–Kier alpha value is -2.05. The molecule has 2 aromatic carbocycles. The van der Waals surface area contributed by atoms with Crippen molar-refractivity contribution in [3.63, 3.8) is 0 Å². The van der Waals surface area contributed by atoms with Crippen LogP contribution in [0, 0.1) is 6.92 Å². The number of sulfonamides is 1. The highest BCUT2D eigenvalue weighted by Gasteiger charge is 2.20. The minimum atomic E-state index is -3.89. The van der Waals surface area contributed by atoms with Crippen molar-refractivity contribution in [2.75, 3.05) is 4.72 Å². The van der Waals surface area contributed by atoms with E-state index in [0.29, 0.717) is 10.6 Å². The van der Waals surface area contributed by atoms with Gasteiger partial charge in [-0.25, -0.2) is 13.2 Å². The van der Waals surface area contributed by atoms with Gasteiger partial charge in [0.1, 0.15) is 0 Å². The first-order valence-electron chi connectivity index (χ1n) is 5.92. The average molecular weight is 326 g/mol. The molecule has 0 spiro atoms. The third kappa shape index (κ3) is 3.34. The van der Waals surface area contributed by atoms with E-state index in [0.717, 1.165) is 0 Å². The maximum Gasteiger partial charge on any atom is 0.337 e. The first kappa shape index (κ1) is 15.3. The van der Waals surface area contributed by atoms with E-state index >= 15 is 0 Å². The van der Waals surface area contributed by atoms with Gasteiger partial charge in [-0.3, -0.25) is 4.72 Å². The van der Waals surface area contributed by atoms with Gasteiger partial charge in [-0.2, -0.15) is 0 Å². The fourth-order valence-electron chi connectivity index (χ4n) is 1.87. The van der Waals surface area contributed by atoms with Gasteiger partial charge in [0.05, 0.1) is 16.1 Å². The number of hydrogen-bond donors (Lipinski definition) is 2. The van der Waals surface area contributed by atoms with E-state index < -0.39 is 16.0 Å². The zero-order chi connectivity index (χ0) is 15.6. The van der Waals surface area contributed by atoms with Crippen LogP contribution in [0.4, 0.5) is 5.69 Å². The van der Waals surface area contributed by atoms with Crippen molar-refractivity contribution < 1.29 is 18.3 Å². The number of carboxylic acids is 1. The van der Waals surface area contributed by atoms with Gasteiger partial charge in [0.25, 0.3) is 10.0 Å². The SMILES string of the molecule is Cc1cc(Cl)ccc1S(=O)(=O)Nc1ccccc1C(=O)O. The van der Waals surface area contributed by atoms with Crippen molar-refractivity contribution in [1.82, 2.24) is 0 Å². The Morgan fingerprint density at radius 3 is 2.48 bits per heavy atom. The summed E-state index contributed by atoms with van der Waals surface area (Å²) >= 11 is 5.80. The zero-order valence-electron chi connectivity index (χ0n) is 11.0. The number of nitrogens with one attached hydrogen (secondary N) is 1. The molecule has 0 bridgehead atoms. The summed E-state index contributed by atoms with van der Waals surface area (Å²) in [6, 6.07) is 10.2. The lowest BCUT2D eigenvalue weighted by Crippen LogP contribution is -2.16. The first-order chi connectivity index (χ1) is 9.81. The number of para-hydroxylation sites is 1. The number of aryl methyl sites for hydroxylation is 1. The summed E-state index contributed by atoms with van der Waals surface area (Å²) in [6.07, 6.45) is 0. The number of anilines is 1. The van der Waals surface area contributed by atoms with E-state index in [1.807, 2.05) is 0 Å². The summed E-state index contributed by atoms with van der Waals surface area (Å²) in [5.74, 6) is -1.21. The normalized spacial score (nSPS) is 11.1. The van der Waals surface area contributed by atoms with Crippen molar-refractivity contribution in [2.24, 2.45) is 0 Å². The molecule has 0 aliphatic carbocycles. The van der Waals surface area contributed by atoms with Crippen LogP contribution < -0.4 is 4.72 Å². The Labute approximate surface area is 127 Å². The highest BCUT2D eigenvalue weighted by Crippen LogP contribution is 2.24. The predicted octanol–water partition coefficient (Wildman–Crippen LogP) is 3.15. The molecular weight excluding hydrogens is 314 g/mol. The molecule has 7 heteroatoms. The molecule has 0 amide bonds. The van der Waals surface area contributed by atoms with Crippen LogP contribution >= 0.6 is 11.6 Å². The summed E-state index contributed by atoms with van der Waals surface area (Å²) in [6.45, 7) is 1.61. The average Bonchev–Trinajstić information content (AvgIpc) is 2.37. The number of aromatic carboxylic acids is 1. The van der Waals surface area contributed by atoms with Gasteiger partial charge in [-0.15, -0.1) is 0 Å². The van der Waals surface area contributed by atoms with E-state index in [-0.39, 0.29) is 16.1 Å². The van der Waals surface area contributed by atoms with Gasteiger partial charge in [-0.05, 0) is 42.8 Å². The quantitative estimate of drug-likeness (QED) is 0.904. The summed E-state index contributed by atoms with van der Waals surface area (Å²) in [4.78, 5) is 11.2. The summed E-state index contributed by atoms with van der Waals surface area (Å²) < 4.78 is 27.0. The van der Waals surface area contributed by atoms with E-state index in [1.165, 1.54) is 36.4 Å². The van der Waals surface area contributed by atoms with Crippen LogP contribution in [-0.4, -0.2) is 19.5 Å². The third-order valence-electron chi connectivity index (χ3n) is 2.83. The lowest BCUT2D eigenvalue weighted by molar-refractivity contribution is 0.0698. The Balaban J connectivity index is 2.45. The van der Waals surface area contributed by atoms with Crippen LogP contribution in [0.2, 0.25) is 5.02 Å². The van der Waals surface area contributed by atoms with Crippen molar-refractivity contribution in [3.8, 4) is 0 Å². The number of carboxylic acid groups (broad SMARTS) is 1. The van der Waals surface area contributed by atoms with Gasteiger partial charge >= 0.3 is 5.97 Å². The Morgan fingerprint density at radius 2 is 1.86 bits per heavy atom. The van der Waals surface area contributed by atoms with E-state index in [4.69, 9.17) is 16.7 Å². The Bertz CT molecular complexity index is 802. The predicted molar refractivity (Wildman–Crippen MR) is 80.4 cm³/mol. The molecule has 2 rings (SSSR count). The van der Waals surface area contributed by atoms with Crippen molar-refractivity contribution in [1.29, 1.82) is 0 Å². The van der Waals surface area contributed by atoms with E-state index in [2.05, 4.69) is 4.72 Å². The Kier molecular flexibility index (Phi) is 4.20. The molecule has 2 aromatic rings. The molecular formula is C14H12ClNO4S. The maximum absolute atomic E-state index is 12.4. The molecule has 21 heavy (non-hydrogen) atoms. The van der Waals surface area contributed by atoms with Crippen LogP contribution in [0.5, 0.6) is 0 Å². The van der Waals surface area contributed by atoms with Crippen LogP contribution in [0.15, 0.2) is 47.4 Å². The van der Waals surface area contributed by atoms with Crippen LogP contribution in [0.1, 0.15) is 15.9 Å². The largest absolute Gasteiger partial charge is 0.478 e. The lowest BCUT2D eigenvalue weighted by Gasteiger charge is -2.12. The van der Waals surface area contributed by atoms with Crippen molar-refractivity contribution >= 4 is 33.3 Å². The summed E-state index contributed by atoms with van der Waals surface area (Å²) in [5, 5.41) is 9.50. The summed E-state index contributed by atoms with van der Waals surface area (Å²) in [5.41, 5.74) is 0.370. The monoisotopic (exact) mass is 325 g/mol. The molecule has 0 aromatic heterocycles. The number of rotatable bonds is 4. The van der Waals surface area contributed by atoms with Gasteiger partial charge in [0, 0.05) is 5.02 Å². The third-order valence-corrected chi connectivity index (χ3v) is 4.59. The molecule has 5 nitrogen and oxygen atoms in total. The first-order valence-corrected chi connectivity index (χ1v) is 7.78. The minimum Gasteiger partial charge on any atom is -0.478 e. The molecule has 0 fully saturated rings. The van der Waals surface area contributed by atoms with E-state index in [9.17, 15) is 13.2 Å². The second kappa shape index (κ2) is 5.75. The maximum atomic E-state index is 12.4. The van der Waals surface area contributed by atoms with Crippen LogP contribution in [0.3, 0.4) is 0 Å². The number of hydrogen-bond acceptors (Lipinski definition) is 3. The molecule has 0 radical (unpaired) electrons. The molecule has 2 N–H and O–H groups in total. The highest BCUT2D eigenvalue weighted by atomic mass is 35.5. The van der Waals surface area contributed by atoms with Crippen molar-refractivity contribution in [2.45, 2.75) is 11.8 Å². The molecule has 0 saturated heterocycles. The molecule has 0 atom stereocenters. The number of benzene rings is 2. The van der Waals surface area contributed by atoms with Crippen LogP contribution in [0.25, 0.3) is 0 Å². The second-order valence-electron chi connectivity index (χ2n) is 4.37. The standard InChI is InChI=1S/C14H12ClNO4S/c1-9-8-10(15)6-7-13(9)21(19,20)16-12-5-3-2-4-11(12)14(17)18/h2-8,16H,1H3,(H,17,18). The molecule has 0 aliphatic heterocycles. The van der Waals surface area contributed by atoms with Gasteiger partial charge < -0.3 is 5.11 Å². The molecule has 0 heterocycles. The summed E-state index contributed by atoms with van der Waals surface area (Å²) in [7, 11) is -3.89. The highest BCUT2D eigenvalue weighted by molar-refractivity contribution is 7.92. The zero-order valence-corrected chi connectivity index (χ0v) is 12.6. The van der Waals surface area contributed by atoms with Gasteiger partial charge in [0.15, 0.2) is 0 Å². The lowest BCUT2D eigenvalue weighted by atomic mass is 10.2. The second-order valence-corrected chi connectivity index (χ2v) is 6.45. The molecule has 0 saturated carbocycles. The van der Waals surface area contributed by atoms with E-state index in [1.54, 1.807) is 13.0 Å². The molecule has 0 aliphatic rings. The number of halogens is 1. The van der Waals surface area contributed by atoms with Gasteiger partial charge in [0.2, 0.25) is 0 Å². The molecule has 110 valence electrons. The fourth-order valence-corrected chi connectivity index (χ4v) is 3.41. The fraction of sp³-hybridized carbons (Fsp3) is 0.0714.